The number of esters is 1. The minimum Gasteiger partial charge on any atom is -0.460 e. The zero-order valence-corrected chi connectivity index (χ0v) is 22.4. The van der Waals surface area contributed by atoms with E-state index in [1.54, 1.807) is 31.5 Å². The largest absolute Gasteiger partial charge is 0.460 e. The fourth-order valence-corrected chi connectivity index (χ4v) is 6.61. The van der Waals surface area contributed by atoms with Gasteiger partial charge >= 0.3 is 5.97 Å². The van der Waals surface area contributed by atoms with E-state index in [0.717, 1.165) is 10.6 Å². The second-order valence-corrected chi connectivity index (χ2v) is 11.6. The molecule has 2 aromatic heterocycles. The van der Waals surface area contributed by atoms with Gasteiger partial charge in [0.2, 0.25) is 15.8 Å². The number of hydrogen-bond donors (Lipinski definition) is 1. The maximum Gasteiger partial charge on any atom is 0.374 e. The number of imidazole rings is 1. The summed E-state index contributed by atoms with van der Waals surface area (Å²) in [5.41, 5.74) is 1.06. The highest BCUT2D eigenvalue weighted by Crippen LogP contribution is 2.33. The molecule has 36 heavy (non-hydrogen) atoms. The molecule has 0 aliphatic carbocycles. The Kier molecular flexibility index (Phi) is 7.79. The zero-order chi connectivity index (χ0) is 26.0. The number of benzene rings is 1. The molecule has 0 bridgehead atoms. The van der Waals surface area contributed by atoms with E-state index in [9.17, 15) is 18.0 Å². The van der Waals surface area contributed by atoms with Crippen LogP contribution in [0.1, 0.15) is 57.4 Å². The first-order valence-electron chi connectivity index (χ1n) is 11.3. The highest BCUT2D eigenvalue weighted by Gasteiger charge is 2.31. The van der Waals surface area contributed by atoms with E-state index in [2.05, 4.69) is 15.3 Å². The van der Waals surface area contributed by atoms with E-state index in [4.69, 9.17) is 16.3 Å². The molecule has 1 fully saturated rings. The van der Waals surface area contributed by atoms with E-state index < -0.39 is 21.9 Å². The average Bonchev–Trinajstić information content (AvgIpc) is 3.48. The number of nitrogens with zero attached hydrogens (tertiary/aromatic N) is 4. The van der Waals surface area contributed by atoms with Gasteiger partial charge in [0.05, 0.1) is 16.5 Å². The van der Waals surface area contributed by atoms with Gasteiger partial charge in [0.15, 0.2) is 5.82 Å². The molecule has 13 heteroatoms. The van der Waals surface area contributed by atoms with Crippen molar-refractivity contribution >= 4 is 50.7 Å². The third kappa shape index (κ3) is 5.46. The third-order valence-corrected chi connectivity index (χ3v) is 9.22. The number of sulfonamides is 1. The number of carbonyl (C=O) groups is 2. The molecule has 1 aliphatic heterocycles. The number of amides is 1. The minimum absolute atomic E-state index is 0.0508. The second-order valence-electron chi connectivity index (χ2n) is 8.40. The number of hydrogen-bond acceptors (Lipinski definition) is 8. The minimum atomic E-state index is -3.64. The Morgan fingerprint density at radius 1 is 1.25 bits per heavy atom. The number of piperidine rings is 1. The van der Waals surface area contributed by atoms with Crippen LogP contribution in [-0.2, 0) is 21.8 Å². The van der Waals surface area contributed by atoms with Gasteiger partial charge in [-0.2, -0.15) is 4.31 Å². The third-order valence-electron chi connectivity index (χ3n) is 5.91. The smallest absolute Gasteiger partial charge is 0.374 e. The summed E-state index contributed by atoms with van der Waals surface area (Å²) >= 11 is 7.49. The number of rotatable bonds is 7. The van der Waals surface area contributed by atoms with Gasteiger partial charge in [0.25, 0.3) is 5.91 Å². The van der Waals surface area contributed by atoms with Gasteiger partial charge in [-0.1, -0.05) is 17.7 Å². The number of nitrogens with one attached hydrogen (secondary N) is 1. The Morgan fingerprint density at radius 2 is 1.97 bits per heavy atom. The molecule has 1 amide bonds. The summed E-state index contributed by atoms with van der Waals surface area (Å²) in [6, 6.07) is 4.76. The van der Waals surface area contributed by atoms with Gasteiger partial charge in [0, 0.05) is 42.7 Å². The van der Waals surface area contributed by atoms with E-state index in [1.165, 1.54) is 32.5 Å². The van der Waals surface area contributed by atoms with Gasteiger partial charge in [-0.25, -0.2) is 23.2 Å². The van der Waals surface area contributed by atoms with Crippen LogP contribution in [0.25, 0.3) is 0 Å². The van der Waals surface area contributed by atoms with Crippen LogP contribution in [0.4, 0.5) is 5.82 Å². The molecule has 3 aromatic rings. The standard InChI is InChI=1S/C23H26ClN5O5S2/c1-4-34-23(31)20-26-19(12-28(20)3)27-21(30)18-13-35-22(25-18)15-7-9-29(10-8-15)36(32,33)16-6-5-14(2)17(24)11-16/h5-6,11-13,15H,4,7-10H2,1-3H3,(H,27,30). The predicted molar refractivity (Wildman–Crippen MR) is 136 cm³/mol. The first kappa shape index (κ1) is 26.3. The van der Waals surface area contributed by atoms with E-state index in [0.29, 0.717) is 31.0 Å². The molecular weight excluding hydrogens is 526 g/mol. The molecule has 3 heterocycles. The van der Waals surface area contributed by atoms with Gasteiger partial charge < -0.3 is 14.6 Å². The van der Waals surface area contributed by atoms with E-state index >= 15 is 0 Å². The quantitative estimate of drug-likeness (QED) is 0.442. The molecule has 1 aromatic carbocycles. The van der Waals surface area contributed by atoms with Crippen LogP contribution < -0.4 is 5.32 Å². The zero-order valence-electron chi connectivity index (χ0n) is 20.0. The van der Waals surface area contributed by atoms with Crippen LogP contribution in [0.2, 0.25) is 5.02 Å². The van der Waals surface area contributed by atoms with Crippen LogP contribution >= 0.6 is 22.9 Å². The van der Waals surface area contributed by atoms with Crippen molar-refractivity contribution in [3.8, 4) is 0 Å². The van der Waals surface area contributed by atoms with Crippen LogP contribution in [0, 0.1) is 6.92 Å². The van der Waals surface area contributed by atoms with Gasteiger partial charge in [0.1, 0.15) is 5.69 Å². The normalized spacial score (nSPS) is 15.1. The fourth-order valence-electron chi connectivity index (χ4n) is 3.90. The molecular formula is C23H26ClN5O5S2. The summed E-state index contributed by atoms with van der Waals surface area (Å²) in [5, 5.41) is 5.52. The SMILES string of the molecule is CCOC(=O)c1nc(NC(=O)c2csc(C3CCN(S(=O)(=O)c4ccc(C)c(Cl)c4)CC3)n2)cn1C. The lowest BCUT2D eigenvalue weighted by atomic mass is 9.99. The lowest BCUT2D eigenvalue weighted by molar-refractivity contribution is 0.0507. The molecule has 1 aliphatic rings. The number of halogens is 1. The number of anilines is 1. The Hall–Kier alpha value is -2.80. The first-order chi connectivity index (χ1) is 17.1. The van der Waals surface area contributed by atoms with Crippen molar-refractivity contribution in [2.45, 2.75) is 37.5 Å². The average molecular weight is 552 g/mol. The second kappa shape index (κ2) is 10.7. The van der Waals surface area contributed by atoms with Crippen molar-refractivity contribution in [1.82, 2.24) is 18.8 Å². The summed E-state index contributed by atoms with van der Waals surface area (Å²) in [6.45, 7) is 4.45. The predicted octanol–water partition coefficient (Wildman–Crippen LogP) is 3.84. The highest BCUT2D eigenvalue weighted by molar-refractivity contribution is 7.89. The Bertz CT molecular complexity index is 1390. The van der Waals surface area contributed by atoms with E-state index in [-0.39, 0.29) is 34.8 Å². The number of aromatic nitrogens is 3. The van der Waals surface area contributed by atoms with Crippen LogP contribution in [0.5, 0.6) is 0 Å². The maximum absolute atomic E-state index is 13.0. The van der Waals surface area contributed by atoms with E-state index in [1.807, 2.05) is 6.92 Å². The highest BCUT2D eigenvalue weighted by atomic mass is 35.5. The van der Waals surface area contributed by atoms with Crippen LogP contribution in [-0.4, -0.2) is 58.8 Å². The van der Waals surface area contributed by atoms with Crippen LogP contribution in [0.3, 0.4) is 0 Å². The number of carbonyl (C=O) groups excluding carboxylic acids is 2. The monoisotopic (exact) mass is 551 g/mol. The van der Waals surface area contributed by atoms with Crippen molar-refractivity contribution in [3.63, 3.8) is 0 Å². The topological polar surface area (TPSA) is 123 Å². The molecule has 0 saturated carbocycles. The van der Waals surface area contributed by atoms with Crippen LogP contribution in [0.15, 0.2) is 34.7 Å². The first-order valence-corrected chi connectivity index (χ1v) is 14.0. The molecule has 10 nitrogen and oxygen atoms in total. The molecule has 0 atom stereocenters. The van der Waals surface area contributed by atoms with Crippen molar-refractivity contribution in [3.05, 3.63) is 56.9 Å². The number of ether oxygens (including phenoxy) is 1. The number of thiazole rings is 1. The number of aryl methyl sites for hydroxylation is 2. The lowest BCUT2D eigenvalue weighted by Crippen LogP contribution is -2.37. The summed E-state index contributed by atoms with van der Waals surface area (Å²) in [7, 11) is -2.00. The molecule has 0 radical (unpaired) electrons. The van der Waals surface area contributed by atoms with Gasteiger partial charge in [-0.3, -0.25) is 4.79 Å². The Morgan fingerprint density at radius 3 is 2.64 bits per heavy atom. The van der Waals surface area contributed by atoms with Crippen molar-refractivity contribution < 1.29 is 22.7 Å². The van der Waals surface area contributed by atoms with Gasteiger partial charge in [-0.15, -0.1) is 11.3 Å². The molecule has 1 N–H and O–H groups in total. The molecule has 4 rings (SSSR count). The van der Waals surface area contributed by atoms with Crippen molar-refractivity contribution in [2.24, 2.45) is 7.05 Å². The van der Waals surface area contributed by atoms with Crippen molar-refractivity contribution in [2.75, 3.05) is 25.0 Å². The molecule has 0 spiro atoms. The maximum atomic E-state index is 13.0. The summed E-state index contributed by atoms with van der Waals surface area (Å²) in [6.07, 6.45) is 2.71. The fraction of sp³-hybridized carbons (Fsp3) is 0.391. The lowest BCUT2D eigenvalue weighted by Gasteiger charge is -2.30. The summed E-state index contributed by atoms with van der Waals surface area (Å²) < 4.78 is 34.0. The Balaban J connectivity index is 1.38. The van der Waals surface area contributed by atoms with Gasteiger partial charge in [-0.05, 0) is 44.4 Å². The van der Waals surface area contributed by atoms with Crippen molar-refractivity contribution in [1.29, 1.82) is 0 Å². The summed E-state index contributed by atoms with van der Waals surface area (Å²) in [4.78, 5) is 33.4. The molecule has 192 valence electrons. The molecule has 0 unspecified atom stereocenters. The molecule has 1 saturated heterocycles. The Labute approximate surface area is 218 Å². The summed E-state index contributed by atoms with van der Waals surface area (Å²) in [5.74, 6) is -0.664.